The molecule has 2 heterocycles. The van der Waals surface area contributed by atoms with Gasteiger partial charge in [-0.1, -0.05) is 52.0 Å². The van der Waals surface area contributed by atoms with Gasteiger partial charge in [0, 0.05) is 15.8 Å². The van der Waals surface area contributed by atoms with Crippen LogP contribution in [-0.4, -0.2) is 32.7 Å². The van der Waals surface area contributed by atoms with E-state index in [9.17, 15) is 9.59 Å². The maximum absolute atomic E-state index is 12.5. The van der Waals surface area contributed by atoms with E-state index in [1.165, 1.54) is 23.4 Å². The number of aromatic amines is 1. The molecule has 7 nitrogen and oxygen atoms in total. The minimum Gasteiger partial charge on any atom is -0.465 e. The summed E-state index contributed by atoms with van der Waals surface area (Å²) in [5.41, 5.74) is 4.17. The third-order valence-electron chi connectivity index (χ3n) is 4.53. The summed E-state index contributed by atoms with van der Waals surface area (Å²) in [4.78, 5) is 31.5. The monoisotopic (exact) mass is 484 g/mol. The molecule has 0 aliphatic heterocycles. The number of thioether (sulfide) groups is 1. The molecule has 0 aliphatic rings. The van der Waals surface area contributed by atoms with Gasteiger partial charge >= 0.3 is 11.7 Å². The molecular weight excluding hydrogens is 468 g/mol. The summed E-state index contributed by atoms with van der Waals surface area (Å²) in [6.07, 6.45) is 0. The molecule has 2 aromatic heterocycles. The molecule has 0 amide bonds. The highest BCUT2D eigenvalue weighted by Gasteiger charge is 2.16. The van der Waals surface area contributed by atoms with Gasteiger partial charge in [-0.2, -0.15) is 9.61 Å². The number of hydrogen-bond donors (Lipinski definition) is 1. The molecule has 0 bridgehead atoms. The molecule has 9 heteroatoms. The molecule has 0 radical (unpaired) electrons. The number of esters is 1. The number of carbonyl (C=O) groups is 1. The number of H-pyrrole nitrogens is 1. The van der Waals surface area contributed by atoms with Gasteiger partial charge in [0.25, 0.3) is 0 Å². The highest BCUT2D eigenvalue weighted by Crippen LogP contribution is 2.29. The first-order chi connectivity index (χ1) is 14.5. The zero-order chi connectivity index (χ0) is 21.3. The molecule has 0 aliphatic carbocycles. The van der Waals surface area contributed by atoms with Crippen LogP contribution >= 0.6 is 27.7 Å². The van der Waals surface area contributed by atoms with Gasteiger partial charge in [0.05, 0.1) is 18.4 Å². The molecule has 152 valence electrons. The second-order valence-electron chi connectivity index (χ2n) is 6.53. The van der Waals surface area contributed by atoms with Crippen molar-refractivity contribution in [3.8, 4) is 11.1 Å². The van der Waals surface area contributed by atoms with Crippen LogP contribution in [0, 0.1) is 6.92 Å². The average Bonchev–Trinajstić information content (AvgIpc) is 3.09. The number of hydrogen-bond acceptors (Lipinski definition) is 6. The minimum atomic E-state index is -0.373. The summed E-state index contributed by atoms with van der Waals surface area (Å²) in [7, 11) is 1.35. The molecular formula is C21H17BrN4O3S. The zero-order valence-electron chi connectivity index (χ0n) is 16.2. The van der Waals surface area contributed by atoms with E-state index in [1.807, 2.05) is 43.3 Å². The predicted octanol–water partition coefficient (Wildman–Crippen LogP) is 4.23. The zero-order valence-corrected chi connectivity index (χ0v) is 18.6. The van der Waals surface area contributed by atoms with Gasteiger partial charge in [0.15, 0.2) is 10.8 Å². The fourth-order valence-corrected chi connectivity index (χ4v) is 4.13. The summed E-state index contributed by atoms with van der Waals surface area (Å²) in [6.45, 7) is 1.86. The second kappa shape index (κ2) is 8.45. The molecule has 0 saturated carbocycles. The quantitative estimate of drug-likeness (QED) is 0.336. The Morgan fingerprint density at radius 3 is 2.53 bits per heavy atom. The number of nitrogens with zero attached hydrogens (tertiary/aromatic N) is 3. The summed E-state index contributed by atoms with van der Waals surface area (Å²) in [6, 6.07) is 15.0. The molecule has 1 N–H and O–H groups in total. The van der Waals surface area contributed by atoms with E-state index < -0.39 is 0 Å². The average molecular weight is 485 g/mol. The third-order valence-corrected chi connectivity index (χ3v) is 6.01. The largest absolute Gasteiger partial charge is 0.465 e. The van der Waals surface area contributed by atoms with Crippen molar-refractivity contribution in [2.45, 2.75) is 17.8 Å². The number of halogens is 1. The Balaban J connectivity index is 1.64. The third kappa shape index (κ3) is 4.03. The molecule has 0 spiro atoms. The first-order valence-corrected chi connectivity index (χ1v) is 10.8. The van der Waals surface area contributed by atoms with Crippen molar-refractivity contribution in [3.63, 3.8) is 0 Å². The Labute approximate surface area is 184 Å². The SMILES string of the molecule is COC(=O)c1ccc(CSc2nc3c(-c4ccc(Br)cc4)c(C)nn3c(=O)[nH]2)cc1. The van der Waals surface area contributed by atoms with Gasteiger partial charge in [-0.05, 0) is 42.3 Å². The molecule has 4 aromatic rings. The number of rotatable bonds is 5. The number of aryl methyl sites for hydroxylation is 1. The highest BCUT2D eigenvalue weighted by atomic mass is 79.9. The van der Waals surface area contributed by atoms with Crippen LogP contribution in [0.5, 0.6) is 0 Å². The summed E-state index contributed by atoms with van der Waals surface area (Å²) >= 11 is 4.85. The standard InChI is InChI=1S/C21H17BrN4O3S/c1-12-17(14-7-9-16(22)10-8-14)18-23-20(24-21(28)26(18)25-12)30-11-13-3-5-15(6-4-13)19(27)29-2/h3-10H,11H2,1-2H3,(H,23,24,28). The topological polar surface area (TPSA) is 89.3 Å². The van der Waals surface area contributed by atoms with Crippen molar-refractivity contribution in [1.82, 2.24) is 19.6 Å². The van der Waals surface area contributed by atoms with Crippen LogP contribution in [0.25, 0.3) is 16.8 Å². The lowest BCUT2D eigenvalue weighted by atomic mass is 10.1. The minimum absolute atomic E-state index is 0.338. The fourth-order valence-electron chi connectivity index (χ4n) is 3.06. The smallest absolute Gasteiger partial charge is 0.350 e. The number of carbonyl (C=O) groups excluding carboxylic acids is 1. The van der Waals surface area contributed by atoms with Gasteiger partial charge < -0.3 is 4.74 Å². The van der Waals surface area contributed by atoms with Crippen molar-refractivity contribution >= 4 is 39.3 Å². The maximum Gasteiger partial charge on any atom is 0.350 e. The number of methoxy groups -OCH3 is 1. The summed E-state index contributed by atoms with van der Waals surface area (Å²) < 4.78 is 6.98. The van der Waals surface area contributed by atoms with Gasteiger partial charge in [-0.25, -0.2) is 14.6 Å². The van der Waals surface area contributed by atoms with Crippen LogP contribution in [0.2, 0.25) is 0 Å². The van der Waals surface area contributed by atoms with E-state index in [0.717, 1.165) is 26.9 Å². The van der Waals surface area contributed by atoms with Gasteiger partial charge in [0.1, 0.15) is 0 Å². The van der Waals surface area contributed by atoms with Crippen LogP contribution in [-0.2, 0) is 10.5 Å². The van der Waals surface area contributed by atoms with E-state index in [4.69, 9.17) is 4.74 Å². The van der Waals surface area contributed by atoms with Crippen LogP contribution in [0.4, 0.5) is 0 Å². The van der Waals surface area contributed by atoms with Crippen molar-refractivity contribution < 1.29 is 9.53 Å². The number of ether oxygens (including phenoxy) is 1. The van der Waals surface area contributed by atoms with Crippen LogP contribution in [0.15, 0.2) is 63.0 Å². The van der Waals surface area contributed by atoms with E-state index in [0.29, 0.717) is 22.1 Å². The van der Waals surface area contributed by atoms with Gasteiger partial charge in [0.2, 0.25) is 0 Å². The van der Waals surface area contributed by atoms with Gasteiger partial charge in [-0.3, -0.25) is 4.98 Å². The fraction of sp³-hybridized carbons (Fsp3) is 0.143. The number of aromatic nitrogens is 4. The molecule has 4 rings (SSSR count). The number of fused-ring (bicyclic) bond motifs is 1. The van der Waals surface area contributed by atoms with E-state index in [1.54, 1.807) is 12.1 Å². The molecule has 30 heavy (non-hydrogen) atoms. The second-order valence-corrected chi connectivity index (χ2v) is 8.41. The highest BCUT2D eigenvalue weighted by molar-refractivity contribution is 9.10. The first kappa shape index (κ1) is 20.4. The first-order valence-electron chi connectivity index (χ1n) is 9.02. The predicted molar refractivity (Wildman–Crippen MR) is 119 cm³/mol. The summed E-state index contributed by atoms with van der Waals surface area (Å²) in [5, 5.41) is 4.85. The maximum atomic E-state index is 12.5. The number of benzene rings is 2. The molecule has 0 saturated heterocycles. The Bertz CT molecular complexity index is 1280. The van der Waals surface area contributed by atoms with E-state index in [-0.39, 0.29) is 11.7 Å². The van der Waals surface area contributed by atoms with Crippen molar-refractivity contribution in [3.05, 3.63) is 80.3 Å². The Morgan fingerprint density at radius 1 is 1.17 bits per heavy atom. The van der Waals surface area contributed by atoms with Crippen molar-refractivity contribution in [2.24, 2.45) is 0 Å². The molecule has 0 atom stereocenters. The lowest BCUT2D eigenvalue weighted by molar-refractivity contribution is 0.0600. The van der Waals surface area contributed by atoms with Crippen LogP contribution < -0.4 is 5.69 Å². The van der Waals surface area contributed by atoms with Gasteiger partial charge in [-0.15, -0.1) is 0 Å². The number of nitrogens with one attached hydrogen (secondary N) is 1. The van der Waals surface area contributed by atoms with Crippen molar-refractivity contribution in [2.75, 3.05) is 7.11 Å². The van der Waals surface area contributed by atoms with Crippen LogP contribution in [0.3, 0.4) is 0 Å². The summed E-state index contributed by atoms with van der Waals surface area (Å²) in [5.74, 6) is 0.212. The Hall–Kier alpha value is -2.91. The lowest BCUT2D eigenvalue weighted by Crippen LogP contribution is -2.19. The molecule has 0 unspecified atom stereocenters. The molecule has 2 aromatic carbocycles. The molecule has 0 fully saturated rings. The lowest BCUT2D eigenvalue weighted by Gasteiger charge is -2.05. The normalized spacial score (nSPS) is 11.0. The van der Waals surface area contributed by atoms with E-state index >= 15 is 0 Å². The van der Waals surface area contributed by atoms with Crippen molar-refractivity contribution in [1.29, 1.82) is 0 Å². The van der Waals surface area contributed by atoms with Crippen LogP contribution in [0.1, 0.15) is 21.6 Å². The Kier molecular flexibility index (Phi) is 5.74. The Morgan fingerprint density at radius 2 is 1.87 bits per heavy atom. The van der Waals surface area contributed by atoms with E-state index in [2.05, 4.69) is 31.0 Å².